The minimum Gasteiger partial charge on any atom is -0.497 e. The number of nitrogens with zero attached hydrogens (tertiary/aromatic N) is 1. The summed E-state index contributed by atoms with van der Waals surface area (Å²) in [7, 11) is 4.80. The highest BCUT2D eigenvalue weighted by Crippen LogP contribution is 2.38. The summed E-state index contributed by atoms with van der Waals surface area (Å²) in [6.07, 6.45) is 1.94. The molecule has 0 aromatic heterocycles. The summed E-state index contributed by atoms with van der Waals surface area (Å²) in [5, 5.41) is 0. The maximum absolute atomic E-state index is 12.1. The fraction of sp³-hybridized carbons (Fsp3) is 0.533. The Morgan fingerprint density at radius 2 is 2.10 bits per heavy atom. The monoisotopic (exact) mass is 279 g/mol. The fourth-order valence-electron chi connectivity index (χ4n) is 2.69. The Kier molecular flexibility index (Phi) is 4.84. The van der Waals surface area contributed by atoms with Gasteiger partial charge in [0.25, 0.3) is 0 Å². The van der Waals surface area contributed by atoms with Crippen LogP contribution in [0.1, 0.15) is 24.4 Å². The smallest absolute Gasteiger partial charge is 0.249 e. The van der Waals surface area contributed by atoms with E-state index in [0.717, 1.165) is 36.4 Å². The molecule has 110 valence electrons. The summed E-state index contributed by atoms with van der Waals surface area (Å²) in [5.41, 5.74) is 1.02. The van der Waals surface area contributed by atoms with E-state index >= 15 is 0 Å². The Morgan fingerprint density at radius 3 is 2.75 bits per heavy atom. The number of benzene rings is 1. The van der Waals surface area contributed by atoms with Gasteiger partial charge in [-0.15, -0.1) is 0 Å². The molecular formula is C15H21NO4. The van der Waals surface area contributed by atoms with E-state index in [9.17, 15) is 4.79 Å². The molecule has 1 saturated heterocycles. The van der Waals surface area contributed by atoms with E-state index in [4.69, 9.17) is 14.2 Å². The average molecular weight is 279 g/mol. The standard InChI is InChI=1S/C15H21NO4/c1-18-10-15(17)16-8-4-5-13(16)12-7-6-11(19-2)9-14(12)20-3/h6-7,9,13H,4-5,8,10H2,1-3H3. The molecule has 1 atom stereocenters. The molecule has 1 unspecified atom stereocenters. The van der Waals surface area contributed by atoms with Crippen LogP contribution in [0.15, 0.2) is 18.2 Å². The van der Waals surface area contributed by atoms with Crippen molar-refractivity contribution in [2.24, 2.45) is 0 Å². The van der Waals surface area contributed by atoms with E-state index in [2.05, 4.69) is 0 Å². The quantitative estimate of drug-likeness (QED) is 0.827. The molecule has 0 aliphatic carbocycles. The lowest BCUT2D eigenvalue weighted by atomic mass is 10.0. The Hall–Kier alpha value is -1.75. The van der Waals surface area contributed by atoms with E-state index in [1.165, 1.54) is 7.11 Å². The number of carbonyl (C=O) groups is 1. The first-order valence-electron chi connectivity index (χ1n) is 6.71. The van der Waals surface area contributed by atoms with Gasteiger partial charge in [0.2, 0.25) is 5.91 Å². The predicted molar refractivity (Wildman–Crippen MR) is 75.1 cm³/mol. The van der Waals surface area contributed by atoms with Crippen LogP contribution in [0.2, 0.25) is 0 Å². The van der Waals surface area contributed by atoms with Gasteiger partial charge < -0.3 is 19.1 Å². The van der Waals surface area contributed by atoms with Crippen molar-refractivity contribution in [1.29, 1.82) is 0 Å². The molecule has 2 rings (SSSR count). The highest BCUT2D eigenvalue weighted by Gasteiger charge is 2.31. The average Bonchev–Trinajstić information content (AvgIpc) is 2.96. The van der Waals surface area contributed by atoms with Crippen LogP contribution in [0, 0.1) is 0 Å². The van der Waals surface area contributed by atoms with Crippen molar-refractivity contribution < 1.29 is 19.0 Å². The van der Waals surface area contributed by atoms with Crippen LogP contribution in [0.3, 0.4) is 0 Å². The van der Waals surface area contributed by atoms with Gasteiger partial charge in [0.05, 0.1) is 20.3 Å². The lowest BCUT2D eigenvalue weighted by Gasteiger charge is -2.26. The predicted octanol–water partition coefficient (Wildman–Crippen LogP) is 2.01. The first kappa shape index (κ1) is 14.7. The minimum atomic E-state index is 0.0212. The van der Waals surface area contributed by atoms with E-state index < -0.39 is 0 Å². The van der Waals surface area contributed by atoms with Crippen molar-refractivity contribution in [3.8, 4) is 11.5 Å². The van der Waals surface area contributed by atoms with Gasteiger partial charge in [-0.05, 0) is 25.0 Å². The molecule has 20 heavy (non-hydrogen) atoms. The highest BCUT2D eigenvalue weighted by atomic mass is 16.5. The molecule has 1 aliphatic rings. The number of carbonyl (C=O) groups excluding carboxylic acids is 1. The van der Waals surface area contributed by atoms with Gasteiger partial charge >= 0.3 is 0 Å². The zero-order valence-electron chi connectivity index (χ0n) is 12.2. The topological polar surface area (TPSA) is 48.0 Å². The van der Waals surface area contributed by atoms with Crippen LogP contribution in [0.25, 0.3) is 0 Å². The van der Waals surface area contributed by atoms with Crippen molar-refractivity contribution in [3.05, 3.63) is 23.8 Å². The lowest BCUT2D eigenvalue weighted by molar-refractivity contribution is -0.136. The molecular weight excluding hydrogens is 258 g/mol. The van der Waals surface area contributed by atoms with E-state index in [0.29, 0.717) is 0 Å². The van der Waals surface area contributed by atoms with Crippen molar-refractivity contribution >= 4 is 5.91 Å². The molecule has 1 aromatic carbocycles. The Morgan fingerprint density at radius 1 is 1.30 bits per heavy atom. The second-order valence-electron chi connectivity index (χ2n) is 4.79. The number of hydrogen-bond donors (Lipinski definition) is 0. The van der Waals surface area contributed by atoms with Crippen molar-refractivity contribution in [2.75, 3.05) is 34.5 Å². The van der Waals surface area contributed by atoms with Crippen LogP contribution in [0.5, 0.6) is 11.5 Å². The van der Waals surface area contributed by atoms with Crippen molar-refractivity contribution in [1.82, 2.24) is 4.90 Å². The third-order valence-electron chi connectivity index (χ3n) is 3.64. The van der Waals surface area contributed by atoms with Crippen LogP contribution >= 0.6 is 0 Å². The molecule has 0 radical (unpaired) electrons. The number of rotatable bonds is 5. The number of hydrogen-bond acceptors (Lipinski definition) is 4. The number of methoxy groups -OCH3 is 3. The summed E-state index contributed by atoms with van der Waals surface area (Å²) in [5.74, 6) is 1.53. The second-order valence-corrected chi connectivity index (χ2v) is 4.79. The normalized spacial score (nSPS) is 18.1. The van der Waals surface area contributed by atoms with Gasteiger partial charge in [-0.2, -0.15) is 0 Å². The maximum Gasteiger partial charge on any atom is 0.249 e. The zero-order valence-corrected chi connectivity index (χ0v) is 12.2. The summed E-state index contributed by atoms with van der Waals surface area (Å²) in [6, 6.07) is 5.78. The van der Waals surface area contributed by atoms with Gasteiger partial charge in [-0.25, -0.2) is 0 Å². The third kappa shape index (κ3) is 2.88. The van der Waals surface area contributed by atoms with Crippen LogP contribution in [0.4, 0.5) is 0 Å². The first-order valence-corrected chi connectivity index (χ1v) is 6.71. The van der Waals surface area contributed by atoms with Gasteiger partial charge in [-0.1, -0.05) is 0 Å². The maximum atomic E-state index is 12.1. The third-order valence-corrected chi connectivity index (χ3v) is 3.64. The van der Waals surface area contributed by atoms with Gasteiger partial charge in [0.15, 0.2) is 0 Å². The van der Waals surface area contributed by atoms with Crippen molar-refractivity contribution in [2.45, 2.75) is 18.9 Å². The molecule has 1 heterocycles. The first-order chi connectivity index (χ1) is 9.71. The van der Waals surface area contributed by atoms with Crippen LogP contribution in [-0.2, 0) is 9.53 Å². The Bertz CT molecular complexity index is 475. The summed E-state index contributed by atoms with van der Waals surface area (Å²) >= 11 is 0. The molecule has 0 N–H and O–H groups in total. The molecule has 5 heteroatoms. The van der Waals surface area contributed by atoms with Gasteiger partial charge in [0.1, 0.15) is 18.1 Å². The molecule has 0 spiro atoms. The molecule has 1 aliphatic heterocycles. The Balaban J connectivity index is 2.27. The summed E-state index contributed by atoms with van der Waals surface area (Å²) in [6.45, 7) is 0.886. The second kappa shape index (κ2) is 6.61. The molecule has 1 amide bonds. The number of ether oxygens (including phenoxy) is 3. The minimum absolute atomic E-state index is 0.0212. The van der Waals surface area contributed by atoms with Crippen molar-refractivity contribution in [3.63, 3.8) is 0 Å². The Labute approximate surface area is 119 Å². The lowest BCUT2D eigenvalue weighted by Crippen LogP contribution is -2.33. The van der Waals surface area contributed by atoms with Crippen LogP contribution < -0.4 is 9.47 Å². The molecule has 1 aromatic rings. The number of likely N-dealkylation sites (tertiary alicyclic amines) is 1. The zero-order chi connectivity index (χ0) is 14.5. The van der Waals surface area contributed by atoms with Gasteiger partial charge in [0, 0.05) is 25.3 Å². The van der Waals surface area contributed by atoms with Gasteiger partial charge in [-0.3, -0.25) is 4.79 Å². The van der Waals surface area contributed by atoms with Crippen LogP contribution in [-0.4, -0.2) is 45.3 Å². The molecule has 1 fully saturated rings. The number of amides is 1. The van der Waals surface area contributed by atoms with E-state index in [1.807, 2.05) is 23.1 Å². The van der Waals surface area contributed by atoms with E-state index in [1.54, 1.807) is 14.2 Å². The largest absolute Gasteiger partial charge is 0.497 e. The summed E-state index contributed by atoms with van der Waals surface area (Å²) < 4.78 is 15.6. The SMILES string of the molecule is COCC(=O)N1CCCC1c1ccc(OC)cc1OC. The molecule has 0 saturated carbocycles. The highest BCUT2D eigenvalue weighted by molar-refractivity contribution is 5.78. The van der Waals surface area contributed by atoms with E-state index in [-0.39, 0.29) is 18.6 Å². The molecule has 5 nitrogen and oxygen atoms in total. The summed E-state index contributed by atoms with van der Waals surface area (Å²) in [4.78, 5) is 14.0. The molecule has 0 bridgehead atoms. The fourth-order valence-corrected chi connectivity index (χ4v) is 2.69.